The van der Waals surface area contributed by atoms with Crippen LogP contribution in [0.1, 0.15) is 26.3 Å². The van der Waals surface area contributed by atoms with Crippen LogP contribution in [0.5, 0.6) is 0 Å². The molecule has 0 saturated carbocycles. The van der Waals surface area contributed by atoms with E-state index >= 15 is 0 Å². The maximum Gasteiger partial charge on any atom is 0.191 e. The number of likely N-dealkylation sites (N-methyl/N-ethyl adjacent to an activating group) is 1. The molecule has 0 radical (unpaired) electrons. The SMILES string of the molecule is CCNC(=NCc1ccnc(N2CCN(CC)CC2)c1)NC(C)COC. The van der Waals surface area contributed by atoms with Crippen LogP contribution in [-0.4, -0.2) is 74.9 Å². The summed E-state index contributed by atoms with van der Waals surface area (Å²) in [6.45, 7) is 13.9. The molecule has 1 aromatic heterocycles. The molecule has 0 aromatic carbocycles. The van der Waals surface area contributed by atoms with E-state index in [9.17, 15) is 0 Å². The number of ether oxygens (including phenoxy) is 1. The molecule has 0 amide bonds. The molecule has 2 rings (SSSR count). The van der Waals surface area contributed by atoms with Gasteiger partial charge < -0.3 is 25.2 Å². The highest BCUT2D eigenvalue weighted by atomic mass is 16.5. The molecule has 146 valence electrons. The molecule has 26 heavy (non-hydrogen) atoms. The van der Waals surface area contributed by atoms with Crippen molar-refractivity contribution in [3.63, 3.8) is 0 Å². The quantitative estimate of drug-likeness (QED) is 0.537. The first-order chi connectivity index (χ1) is 12.7. The summed E-state index contributed by atoms with van der Waals surface area (Å²) in [5, 5.41) is 6.64. The first-order valence-corrected chi connectivity index (χ1v) is 9.62. The molecule has 1 aromatic rings. The highest BCUT2D eigenvalue weighted by Crippen LogP contribution is 2.15. The maximum atomic E-state index is 5.18. The second-order valence-electron chi connectivity index (χ2n) is 6.64. The van der Waals surface area contributed by atoms with Gasteiger partial charge in [0, 0.05) is 52.1 Å². The minimum atomic E-state index is 0.209. The van der Waals surface area contributed by atoms with Crippen molar-refractivity contribution in [2.75, 3.05) is 57.9 Å². The van der Waals surface area contributed by atoms with Gasteiger partial charge in [0.05, 0.1) is 13.2 Å². The first-order valence-electron chi connectivity index (χ1n) is 9.62. The third-order valence-electron chi connectivity index (χ3n) is 4.52. The van der Waals surface area contributed by atoms with E-state index in [4.69, 9.17) is 9.73 Å². The monoisotopic (exact) mass is 362 g/mol. The summed E-state index contributed by atoms with van der Waals surface area (Å²) in [5.74, 6) is 1.87. The van der Waals surface area contributed by atoms with Crippen molar-refractivity contribution in [2.24, 2.45) is 4.99 Å². The number of pyridine rings is 1. The van der Waals surface area contributed by atoms with E-state index in [0.717, 1.165) is 51.0 Å². The van der Waals surface area contributed by atoms with Crippen LogP contribution in [0.4, 0.5) is 5.82 Å². The Morgan fingerprint density at radius 3 is 2.73 bits per heavy atom. The predicted molar refractivity (Wildman–Crippen MR) is 108 cm³/mol. The van der Waals surface area contributed by atoms with E-state index in [1.807, 2.05) is 12.3 Å². The Morgan fingerprint density at radius 1 is 1.31 bits per heavy atom. The number of methoxy groups -OCH3 is 1. The second-order valence-corrected chi connectivity index (χ2v) is 6.64. The summed E-state index contributed by atoms with van der Waals surface area (Å²) >= 11 is 0. The number of hydrogen-bond acceptors (Lipinski definition) is 5. The van der Waals surface area contributed by atoms with Gasteiger partial charge in [-0.05, 0) is 38.1 Å². The Kier molecular flexibility index (Phi) is 8.64. The van der Waals surface area contributed by atoms with E-state index in [-0.39, 0.29) is 6.04 Å². The molecule has 1 fully saturated rings. The molecule has 2 heterocycles. The zero-order chi connectivity index (χ0) is 18.8. The van der Waals surface area contributed by atoms with Crippen LogP contribution in [0.25, 0.3) is 0 Å². The molecular weight excluding hydrogens is 328 g/mol. The van der Waals surface area contributed by atoms with Crippen LogP contribution in [0.15, 0.2) is 23.3 Å². The minimum absolute atomic E-state index is 0.209. The van der Waals surface area contributed by atoms with Gasteiger partial charge in [-0.25, -0.2) is 9.98 Å². The predicted octanol–water partition coefficient (Wildman–Crippen LogP) is 1.31. The van der Waals surface area contributed by atoms with Crippen molar-refractivity contribution in [2.45, 2.75) is 33.4 Å². The van der Waals surface area contributed by atoms with Crippen molar-refractivity contribution >= 4 is 11.8 Å². The number of rotatable bonds is 8. The smallest absolute Gasteiger partial charge is 0.191 e. The van der Waals surface area contributed by atoms with E-state index in [2.05, 4.69) is 52.3 Å². The van der Waals surface area contributed by atoms with Gasteiger partial charge in [0.15, 0.2) is 5.96 Å². The lowest BCUT2D eigenvalue weighted by Gasteiger charge is -2.34. The Bertz CT molecular complexity index is 557. The zero-order valence-corrected chi connectivity index (χ0v) is 16.7. The standard InChI is InChI=1S/C19H34N6O/c1-5-20-19(23-16(3)15-26-4)22-14-17-7-8-21-18(13-17)25-11-9-24(6-2)10-12-25/h7-8,13,16H,5-6,9-12,14-15H2,1-4H3,(H2,20,22,23). The molecule has 1 aliphatic heterocycles. The highest BCUT2D eigenvalue weighted by molar-refractivity contribution is 5.80. The molecule has 7 nitrogen and oxygen atoms in total. The summed E-state index contributed by atoms with van der Waals surface area (Å²) in [6, 6.07) is 4.41. The molecule has 2 N–H and O–H groups in total. The number of aromatic nitrogens is 1. The average Bonchev–Trinajstić information content (AvgIpc) is 2.67. The molecule has 0 spiro atoms. The Hall–Kier alpha value is -1.86. The van der Waals surface area contributed by atoms with Gasteiger partial charge in [0.1, 0.15) is 5.82 Å². The van der Waals surface area contributed by atoms with Gasteiger partial charge in [-0.15, -0.1) is 0 Å². The van der Waals surface area contributed by atoms with E-state index in [1.165, 1.54) is 5.56 Å². The fourth-order valence-electron chi connectivity index (χ4n) is 3.04. The summed E-state index contributed by atoms with van der Waals surface area (Å²) in [4.78, 5) is 14.1. The molecule has 1 saturated heterocycles. The minimum Gasteiger partial charge on any atom is -0.383 e. The highest BCUT2D eigenvalue weighted by Gasteiger charge is 2.16. The number of hydrogen-bond donors (Lipinski definition) is 2. The molecule has 7 heteroatoms. The lowest BCUT2D eigenvalue weighted by atomic mass is 10.2. The van der Waals surface area contributed by atoms with Crippen LogP contribution in [0, 0.1) is 0 Å². The van der Waals surface area contributed by atoms with Crippen molar-refractivity contribution in [3.8, 4) is 0 Å². The van der Waals surface area contributed by atoms with Gasteiger partial charge >= 0.3 is 0 Å². The van der Waals surface area contributed by atoms with Crippen molar-refractivity contribution in [1.29, 1.82) is 0 Å². The largest absolute Gasteiger partial charge is 0.383 e. The fraction of sp³-hybridized carbons (Fsp3) is 0.684. The average molecular weight is 363 g/mol. The number of nitrogens with zero attached hydrogens (tertiary/aromatic N) is 4. The lowest BCUT2D eigenvalue weighted by molar-refractivity contribution is 0.179. The van der Waals surface area contributed by atoms with Gasteiger partial charge in [-0.2, -0.15) is 0 Å². The second kappa shape index (κ2) is 11.0. The maximum absolute atomic E-state index is 5.18. The number of piperazine rings is 1. The van der Waals surface area contributed by atoms with E-state index < -0.39 is 0 Å². The van der Waals surface area contributed by atoms with Gasteiger partial charge in [0.2, 0.25) is 0 Å². The number of nitrogens with one attached hydrogen (secondary N) is 2. The lowest BCUT2D eigenvalue weighted by Crippen LogP contribution is -2.46. The van der Waals surface area contributed by atoms with Gasteiger partial charge in [0.25, 0.3) is 0 Å². The third-order valence-corrected chi connectivity index (χ3v) is 4.52. The molecule has 0 bridgehead atoms. The topological polar surface area (TPSA) is 65.0 Å². The Balaban J connectivity index is 1.97. The summed E-state index contributed by atoms with van der Waals surface area (Å²) in [6.07, 6.45) is 1.89. The van der Waals surface area contributed by atoms with Crippen LogP contribution in [0.2, 0.25) is 0 Å². The number of anilines is 1. The zero-order valence-electron chi connectivity index (χ0n) is 16.7. The van der Waals surface area contributed by atoms with Gasteiger partial charge in [-0.1, -0.05) is 6.92 Å². The molecule has 1 aliphatic rings. The summed E-state index contributed by atoms with van der Waals surface area (Å²) in [7, 11) is 1.71. The van der Waals surface area contributed by atoms with Crippen LogP contribution < -0.4 is 15.5 Å². The first kappa shape index (κ1) is 20.5. The molecule has 0 aliphatic carbocycles. The third kappa shape index (κ3) is 6.46. The Morgan fingerprint density at radius 2 is 2.08 bits per heavy atom. The summed E-state index contributed by atoms with van der Waals surface area (Å²) in [5.41, 5.74) is 1.17. The molecule has 1 unspecified atom stereocenters. The Labute approximate surface area is 157 Å². The normalized spacial score (nSPS) is 17.2. The fourth-order valence-corrected chi connectivity index (χ4v) is 3.04. The van der Waals surface area contributed by atoms with Crippen molar-refractivity contribution in [3.05, 3.63) is 23.9 Å². The summed E-state index contributed by atoms with van der Waals surface area (Å²) < 4.78 is 5.18. The van der Waals surface area contributed by atoms with Crippen molar-refractivity contribution in [1.82, 2.24) is 20.5 Å². The number of guanidine groups is 1. The van der Waals surface area contributed by atoms with Crippen molar-refractivity contribution < 1.29 is 4.74 Å². The molecular formula is C19H34N6O. The van der Waals surface area contributed by atoms with Crippen LogP contribution in [0.3, 0.4) is 0 Å². The van der Waals surface area contributed by atoms with Crippen LogP contribution in [-0.2, 0) is 11.3 Å². The van der Waals surface area contributed by atoms with Crippen LogP contribution >= 0.6 is 0 Å². The molecule has 1 atom stereocenters. The van der Waals surface area contributed by atoms with E-state index in [1.54, 1.807) is 7.11 Å². The van der Waals surface area contributed by atoms with Gasteiger partial charge in [-0.3, -0.25) is 0 Å². The van der Waals surface area contributed by atoms with E-state index in [0.29, 0.717) is 13.2 Å². The number of aliphatic imine (C=N–C) groups is 1.